The van der Waals surface area contributed by atoms with Gasteiger partial charge in [0.05, 0.1) is 18.5 Å². The van der Waals surface area contributed by atoms with Crippen molar-refractivity contribution in [2.24, 2.45) is 0 Å². The van der Waals surface area contributed by atoms with Crippen molar-refractivity contribution in [1.82, 2.24) is 25.1 Å². The number of alkyl halides is 3. The lowest BCUT2D eigenvalue weighted by Gasteiger charge is -2.36. The molecule has 0 radical (unpaired) electrons. The molecule has 14 nitrogen and oxygen atoms in total. The molecule has 1 aromatic heterocycles. The second kappa shape index (κ2) is 15.6. The molecule has 19 heteroatoms. The number of aromatic nitrogens is 2. The number of carbonyl (C=O) groups is 3. The van der Waals surface area contributed by atoms with Crippen LogP contribution in [0.25, 0.3) is 0 Å². The van der Waals surface area contributed by atoms with Crippen molar-refractivity contribution in [3.63, 3.8) is 0 Å². The van der Waals surface area contributed by atoms with E-state index in [9.17, 15) is 36.0 Å². The van der Waals surface area contributed by atoms with E-state index >= 15 is 4.39 Å². The third-order valence-electron chi connectivity index (χ3n) is 10.3. The van der Waals surface area contributed by atoms with Crippen molar-refractivity contribution in [2.75, 3.05) is 59.3 Å². The Hall–Kier alpha value is -5.82. The average Bonchev–Trinajstić information content (AvgIpc) is 3.51. The molecule has 300 valence electrons. The van der Waals surface area contributed by atoms with Gasteiger partial charge in [0.25, 0.3) is 5.91 Å². The topological polar surface area (TPSA) is 160 Å². The molecule has 3 aliphatic rings. The Morgan fingerprint density at radius 1 is 1.00 bits per heavy atom. The third kappa shape index (κ3) is 8.63. The number of imide groups is 1. The zero-order valence-corrected chi connectivity index (χ0v) is 31.8. The Bertz CT molecular complexity index is 2320. The van der Waals surface area contributed by atoms with Crippen LogP contribution in [0.2, 0.25) is 0 Å². The van der Waals surface area contributed by atoms with Crippen molar-refractivity contribution in [3.05, 3.63) is 100 Å². The SMILES string of the molecule is CN(c1cccc(CNc2nc(Nc3ccc(N4CCN(Cc5ccc6c(c5F)CN(C5CCC(=O)NC5=O)C6=O)CC4)cc3)ncc2C(F)(F)F)c1)S(C)(=O)=O. The second-order valence-corrected chi connectivity index (χ2v) is 16.1. The highest BCUT2D eigenvalue weighted by Gasteiger charge is 2.41. The molecule has 4 aromatic rings. The Labute approximate surface area is 325 Å². The fourth-order valence-electron chi connectivity index (χ4n) is 7.09. The number of carbonyl (C=O) groups excluding carboxylic acids is 3. The summed E-state index contributed by atoms with van der Waals surface area (Å²) in [5.74, 6) is -2.34. The summed E-state index contributed by atoms with van der Waals surface area (Å²) in [6.07, 6.45) is -2.67. The van der Waals surface area contributed by atoms with Gasteiger partial charge in [-0.3, -0.25) is 28.9 Å². The molecule has 2 fully saturated rings. The van der Waals surface area contributed by atoms with Crippen LogP contribution in [0.3, 0.4) is 0 Å². The van der Waals surface area contributed by atoms with Gasteiger partial charge in [-0.05, 0) is 54.4 Å². The quantitative estimate of drug-likeness (QED) is 0.145. The van der Waals surface area contributed by atoms with E-state index in [1.807, 2.05) is 12.1 Å². The van der Waals surface area contributed by atoms with Crippen LogP contribution in [0.4, 0.5) is 46.4 Å². The minimum absolute atomic E-state index is 0.0363. The third-order valence-corrected chi connectivity index (χ3v) is 11.5. The lowest BCUT2D eigenvalue weighted by molar-refractivity contribution is -0.138. The highest BCUT2D eigenvalue weighted by atomic mass is 32.2. The van der Waals surface area contributed by atoms with Crippen molar-refractivity contribution < 1.29 is 40.4 Å². The van der Waals surface area contributed by atoms with Crippen LogP contribution in [0.15, 0.2) is 66.9 Å². The molecule has 57 heavy (non-hydrogen) atoms. The van der Waals surface area contributed by atoms with E-state index in [4.69, 9.17) is 0 Å². The Kier molecular flexibility index (Phi) is 10.8. The minimum atomic E-state index is -4.73. The number of rotatable bonds is 11. The van der Waals surface area contributed by atoms with Gasteiger partial charge in [0, 0.05) is 87.0 Å². The van der Waals surface area contributed by atoms with Crippen LogP contribution in [-0.2, 0) is 45.4 Å². The van der Waals surface area contributed by atoms with Gasteiger partial charge in [-0.15, -0.1) is 0 Å². The summed E-state index contributed by atoms with van der Waals surface area (Å²) in [6, 6.07) is 16.1. The maximum absolute atomic E-state index is 15.8. The highest BCUT2D eigenvalue weighted by molar-refractivity contribution is 7.92. The highest BCUT2D eigenvalue weighted by Crippen LogP contribution is 2.35. The number of piperazine rings is 1. The fourth-order valence-corrected chi connectivity index (χ4v) is 7.58. The van der Waals surface area contributed by atoms with Gasteiger partial charge < -0.3 is 20.4 Å². The first-order valence-electron chi connectivity index (χ1n) is 18.1. The maximum atomic E-state index is 15.8. The number of fused-ring (bicyclic) bond motifs is 1. The van der Waals surface area contributed by atoms with Crippen molar-refractivity contribution in [3.8, 4) is 0 Å². The first kappa shape index (κ1) is 39.4. The number of piperidine rings is 1. The fraction of sp³-hybridized carbons (Fsp3) is 0.342. The summed E-state index contributed by atoms with van der Waals surface area (Å²) in [6.45, 7) is 2.78. The second-order valence-electron chi connectivity index (χ2n) is 14.1. The van der Waals surface area contributed by atoms with Crippen LogP contribution in [0.5, 0.6) is 0 Å². The maximum Gasteiger partial charge on any atom is 0.421 e. The largest absolute Gasteiger partial charge is 0.421 e. The number of hydrogen-bond donors (Lipinski definition) is 3. The molecule has 3 amide bonds. The molecule has 1 unspecified atom stereocenters. The van der Waals surface area contributed by atoms with Crippen molar-refractivity contribution in [2.45, 2.75) is 44.7 Å². The zero-order valence-electron chi connectivity index (χ0n) is 30.9. The molecular weight excluding hydrogens is 771 g/mol. The van der Waals surface area contributed by atoms with Crippen LogP contribution in [-0.4, -0.2) is 91.4 Å². The number of benzene rings is 3. The van der Waals surface area contributed by atoms with Gasteiger partial charge in [0.15, 0.2) is 0 Å². The van der Waals surface area contributed by atoms with E-state index in [1.165, 1.54) is 11.9 Å². The predicted molar refractivity (Wildman–Crippen MR) is 204 cm³/mol. The lowest BCUT2D eigenvalue weighted by atomic mass is 10.0. The van der Waals surface area contributed by atoms with Gasteiger partial charge in [-0.2, -0.15) is 18.2 Å². The zero-order chi connectivity index (χ0) is 40.6. The lowest BCUT2D eigenvalue weighted by Crippen LogP contribution is -2.52. The molecule has 0 bridgehead atoms. The first-order valence-corrected chi connectivity index (χ1v) is 19.9. The monoisotopic (exact) mass is 809 g/mol. The smallest absolute Gasteiger partial charge is 0.369 e. The van der Waals surface area contributed by atoms with Gasteiger partial charge in [-0.25, -0.2) is 17.8 Å². The standard InChI is InChI=1S/C38H39F4N9O5S/c1-48(57(2,55)56)27-5-3-4-23(18-27)19-43-34-30(38(40,41)42)20-44-37(47-34)45-25-7-9-26(10-8-25)50-16-14-49(15-17-50)21-24-6-11-28-29(33(24)39)22-51(36(28)54)31-12-13-32(52)46-35(31)53/h3-11,18,20,31H,12-17,19,21-22H2,1-2H3,(H,46,52,53)(H2,43,44,45,47). The van der Waals surface area contributed by atoms with Crippen molar-refractivity contribution in [1.29, 1.82) is 0 Å². The molecule has 0 saturated carbocycles. The normalized spacial score (nSPS) is 17.7. The summed E-state index contributed by atoms with van der Waals surface area (Å²) in [5, 5.41) is 7.93. The van der Waals surface area contributed by atoms with Crippen molar-refractivity contribution >= 4 is 56.6 Å². The number of anilines is 5. The molecular formula is C38H39F4N9O5S. The summed E-state index contributed by atoms with van der Waals surface area (Å²) in [5.41, 5.74) is 2.22. The van der Waals surface area contributed by atoms with E-state index in [-0.39, 0.29) is 48.9 Å². The number of sulfonamides is 1. The Morgan fingerprint density at radius 3 is 2.42 bits per heavy atom. The van der Waals surface area contributed by atoms with Crippen LogP contribution in [0.1, 0.15) is 45.5 Å². The van der Waals surface area contributed by atoms with Gasteiger partial charge in [-0.1, -0.05) is 18.2 Å². The number of halogens is 4. The van der Waals surface area contributed by atoms with E-state index in [1.54, 1.807) is 48.5 Å². The Morgan fingerprint density at radius 2 is 1.74 bits per heavy atom. The molecule has 0 spiro atoms. The summed E-state index contributed by atoms with van der Waals surface area (Å²) in [4.78, 5) is 50.6. The summed E-state index contributed by atoms with van der Waals surface area (Å²) < 4.78 is 82.4. The molecule has 3 N–H and O–H groups in total. The van der Waals surface area contributed by atoms with Crippen LogP contribution < -0.4 is 25.2 Å². The van der Waals surface area contributed by atoms with Gasteiger partial charge in [0.2, 0.25) is 27.8 Å². The number of nitrogens with one attached hydrogen (secondary N) is 3. The van der Waals surface area contributed by atoms with Crippen LogP contribution in [0, 0.1) is 5.82 Å². The number of amides is 3. The predicted octanol–water partition coefficient (Wildman–Crippen LogP) is 4.47. The molecule has 0 aliphatic carbocycles. The summed E-state index contributed by atoms with van der Waals surface area (Å²) in [7, 11) is -2.15. The van der Waals surface area contributed by atoms with E-state index in [0.717, 1.165) is 16.2 Å². The summed E-state index contributed by atoms with van der Waals surface area (Å²) >= 11 is 0. The molecule has 1 atom stereocenters. The van der Waals surface area contributed by atoms with Crippen LogP contribution >= 0.6 is 0 Å². The number of hydrogen-bond acceptors (Lipinski definition) is 11. The van der Waals surface area contributed by atoms with E-state index in [2.05, 4.69) is 35.7 Å². The number of nitrogens with zero attached hydrogens (tertiary/aromatic N) is 6. The average molecular weight is 810 g/mol. The molecule has 2 saturated heterocycles. The minimum Gasteiger partial charge on any atom is -0.369 e. The van der Waals surface area contributed by atoms with E-state index in [0.29, 0.717) is 61.4 Å². The van der Waals surface area contributed by atoms with Gasteiger partial charge >= 0.3 is 6.18 Å². The molecule has 3 aliphatic heterocycles. The Balaban J connectivity index is 0.950. The van der Waals surface area contributed by atoms with E-state index < -0.39 is 51.3 Å². The first-order chi connectivity index (χ1) is 27.0. The molecule has 4 heterocycles. The van der Waals surface area contributed by atoms with Gasteiger partial charge in [0.1, 0.15) is 23.2 Å². The molecule has 3 aromatic carbocycles. The molecule has 7 rings (SSSR count).